The molecule has 1 aliphatic heterocycles. The van der Waals surface area contributed by atoms with Gasteiger partial charge < -0.3 is 10.4 Å². The van der Waals surface area contributed by atoms with Crippen LogP contribution in [0.2, 0.25) is 0 Å². The Morgan fingerprint density at radius 3 is 2.33 bits per heavy atom. The number of carbonyl (C=O) groups is 1. The molecule has 0 aromatic rings. The normalized spacial score (nSPS) is 30.1. The monoisotopic (exact) mass is 271 g/mol. The van der Waals surface area contributed by atoms with Crippen LogP contribution in [0.4, 0.5) is 0 Å². The van der Waals surface area contributed by atoms with Gasteiger partial charge in [0.05, 0.1) is 0 Å². The molecule has 1 heterocycles. The number of aliphatic hydroxyl groups is 1. The van der Waals surface area contributed by atoms with E-state index in [0.717, 1.165) is 32.1 Å². The topological polar surface area (TPSA) is 49.3 Å². The molecule has 0 spiro atoms. The molecule has 2 aliphatic rings. The van der Waals surface area contributed by atoms with Crippen molar-refractivity contribution in [2.75, 3.05) is 18.1 Å². The van der Waals surface area contributed by atoms with Gasteiger partial charge in [-0.25, -0.2) is 0 Å². The van der Waals surface area contributed by atoms with E-state index in [1.165, 1.54) is 24.3 Å². The van der Waals surface area contributed by atoms with Gasteiger partial charge >= 0.3 is 0 Å². The van der Waals surface area contributed by atoms with Gasteiger partial charge in [0, 0.05) is 19.1 Å². The van der Waals surface area contributed by atoms with Crippen molar-refractivity contribution in [1.29, 1.82) is 0 Å². The highest BCUT2D eigenvalue weighted by Crippen LogP contribution is 2.26. The fourth-order valence-electron chi connectivity index (χ4n) is 2.99. The van der Waals surface area contributed by atoms with E-state index < -0.39 is 0 Å². The lowest BCUT2D eigenvalue weighted by Crippen LogP contribution is -2.39. The maximum atomic E-state index is 12.0. The van der Waals surface area contributed by atoms with Crippen LogP contribution in [-0.4, -0.2) is 35.2 Å². The molecule has 104 valence electrons. The minimum Gasteiger partial charge on any atom is -0.396 e. The van der Waals surface area contributed by atoms with Crippen LogP contribution in [0.1, 0.15) is 44.9 Å². The molecule has 0 unspecified atom stereocenters. The fraction of sp³-hybridized carbons (Fsp3) is 0.929. The second-order valence-electron chi connectivity index (χ2n) is 5.73. The summed E-state index contributed by atoms with van der Waals surface area (Å²) in [6, 6.07) is 0.360. The molecule has 2 N–H and O–H groups in total. The molecule has 18 heavy (non-hydrogen) atoms. The summed E-state index contributed by atoms with van der Waals surface area (Å²) in [5, 5.41) is 12.3. The number of carbonyl (C=O) groups excluding carboxylic acids is 1. The Bertz CT molecular complexity index is 259. The lowest BCUT2D eigenvalue weighted by Gasteiger charge is -2.29. The summed E-state index contributed by atoms with van der Waals surface area (Å²) in [6.07, 6.45) is 7.32. The molecule has 2 fully saturated rings. The molecule has 2 rings (SSSR count). The third-order valence-corrected chi connectivity index (χ3v) is 5.33. The Morgan fingerprint density at radius 2 is 1.72 bits per heavy atom. The summed E-state index contributed by atoms with van der Waals surface area (Å²) in [6.45, 7) is 0.306. The summed E-state index contributed by atoms with van der Waals surface area (Å²) in [5.74, 6) is 3.77. The number of aliphatic hydroxyl groups excluding tert-OH is 1. The van der Waals surface area contributed by atoms with Gasteiger partial charge in [-0.1, -0.05) is 0 Å². The van der Waals surface area contributed by atoms with Gasteiger partial charge in [0.2, 0.25) is 5.91 Å². The molecule has 0 bridgehead atoms. The molecular weight excluding hydrogens is 246 g/mol. The first kappa shape index (κ1) is 14.2. The molecule has 1 amide bonds. The standard InChI is InChI=1S/C14H25NO2S/c16-10-12-1-3-13(4-2-12)15-14(17)9-11-5-7-18-8-6-11/h11-13,16H,1-10H2,(H,15,17). The van der Waals surface area contributed by atoms with Gasteiger partial charge in [-0.15, -0.1) is 0 Å². The number of thioether (sulfide) groups is 1. The summed E-state index contributed by atoms with van der Waals surface area (Å²) < 4.78 is 0. The quantitative estimate of drug-likeness (QED) is 0.824. The number of hydrogen-bond donors (Lipinski definition) is 2. The Morgan fingerprint density at radius 1 is 1.06 bits per heavy atom. The number of rotatable bonds is 4. The van der Waals surface area contributed by atoms with Crippen molar-refractivity contribution in [3.8, 4) is 0 Å². The van der Waals surface area contributed by atoms with Crippen molar-refractivity contribution in [2.24, 2.45) is 11.8 Å². The average Bonchev–Trinajstić information content (AvgIpc) is 2.40. The molecule has 0 aromatic heterocycles. The molecule has 0 aromatic carbocycles. The molecule has 0 atom stereocenters. The van der Waals surface area contributed by atoms with Crippen molar-refractivity contribution in [2.45, 2.75) is 51.0 Å². The molecule has 3 nitrogen and oxygen atoms in total. The first-order valence-corrected chi connectivity index (χ1v) is 8.41. The lowest BCUT2D eigenvalue weighted by atomic mass is 9.86. The first-order chi connectivity index (χ1) is 8.78. The molecule has 1 saturated heterocycles. The zero-order valence-electron chi connectivity index (χ0n) is 11.1. The van der Waals surface area contributed by atoms with Crippen molar-refractivity contribution in [3.05, 3.63) is 0 Å². The van der Waals surface area contributed by atoms with E-state index in [1.54, 1.807) is 0 Å². The smallest absolute Gasteiger partial charge is 0.220 e. The largest absolute Gasteiger partial charge is 0.396 e. The molecular formula is C14H25NO2S. The predicted octanol–water partition coefficient (Wildman–Crippen LogP) is 2.19. The third-order valence-electron chi connectivity index (χ3n) is 4.29. The van der Waals surface area contributed by atoms with Crippen LogP contribution < -0.4 is 5.32 Å². The summed E-state index contributed by atoms with van der Waals surface area (Å²) in [5.41, 5.74) is 0. The van der Waals surface area contributed by atoms with Gasteiger partial charge in [0.1, 0.15) is 0 Å². The maximum absolute atomic E-state index is 12.0. The van der Waals surface area contributed by atoms with E-state index in [4.69, 9.17) is 5.11 Å². The van der Waals surface area contributed by atoms with Crippen LogP contribution in [-0.2, 0) is 4.79 Å². The highest BCUT2D eigenvalue weighted by molar-refractivity contribution is 7.99. The second-order valence-corrected chi connectivity index (χ2v) is 6.95. The van der Waals surface area contributed by atoms with Crippen LogP contribution in [0.3, 0.4) is 0 Å². The van der Waals surface area contributed by atoms with Crippen LogP contribution in [0.25, 0.3) is 0 Å². The Kier molecular flexibility index (Phi) is 5.83. The summed E-state index contributed by atoms with van der Waals surface area (Å²) in [7, 11) is 0. The lowest BCUT2D eigenvalue weighted by molar-refractivity contribution is -0.123. The first-order valence-electron chi connectivity index (χ1n) is 7.26. The highest BCUT2D eigenvalue weighted by atomic mass is 32.2. The maximum Gasteiger partial charge on any atom is 0.220 e. The molecule has 1 aliphatic carbocycles. The van der Waals surface area contributed by atoms with Gasteiger partial charge in [0.15, 0.2) is 0 Å². The molecule has 4 heteroatoms. The minimum atomic E-state index is 0.249. The van der Waals surface area contributed by atoms with Crippen molar-refractivity contribution >= 4 is 17.7 Å². The third kappa shape index (κ3) is 4.47. The van der Waals surface area contributed by atoms with Crippen molar-refractivity contribution < 1.29 is 9.90 Å². The predicted molar refractivity (Wildman–Crippen MR) is 75.6 cm³/mol. The SMILES string of the molecule is O=C(CC1CCSCC1)NC1CCC(CO)CC1. The number of hydrogen-bond acceptors (Lipinski definition) is 3. The van der Waals surface area contributed by atoms with E-state index in [9.17, 15) is 4.79 Å². The average molecular weight is 271 g/mol. The molecule has 1 saturated carbocycles. The van der Waals surface area contributed by atoms with Gasteiger partial charge in [-0.3, -0.25) is 4.79 Å². The van der Waals surface area contributed by atoms with Crippen molar-refractivity contribution in [3.63, 3.8) is 0 Å². The van der Waals surface area contributed by atoms with E-state index in [1.807, 2.05) is 11.8 Å². The van der Waals surface area contributed by atoms with E-state index in [2.05, 4.69) is 5.32 Å². The van der Waals surface area contributed by atoms with Crippen molar-refractivity contribution in [1.82, 2.24) is 5.32 Å². The van der Waals surface area contributed by atoms with Crippen LogP contribution in [0.15, 0.2) is 0 Å². The number of amides is 1. The van der Waals surface area contributed by atoms with E-state index in [0.29, 0.717) is 24.5 Å². The van der Waals surface area contributed by atoms with Crippen LogP contribution in [0, 0.1) is 11.8 Å². The zero-order chi connectivity index (χ0) is 12.8. The fourth-order valence-corrected chi connectivity index (χ4v) is 4.19. The van der Waals surface area contributed by atoms with E-state index in [-0.39, 0.29) is 5.91 Å². The Labute approximate surface area is 114 Å². The zero-order valence-corrected chi connectivity index (χ0v) is 11.9. The van der Waals surface area contributed by atoms with Gasteiger partial charge in [-0.2, -0.15) is 11.8 Å². The Balaban J connectivity index is 1.65. The Hall–Kier alpha value is -0.220. The minimum absolute atomic E-state index is 0.249. The molecule has 0 radical (unpaired) electrons. The highest BCUT2D eigenvalue weighted by Gasteiger charge is 2.23. The van der Waals surface area contributed by atoms with Crippen LogP contribution in [0.5, 0.6) is 0 Å². The van der Waals surface area contributed by atoms with Gasteiger partial charge in [-0.05, 0) is 61.9 Å². The summed E-state index contributed by atoms with van der Waals surface area (Å²) >= 11 is 2.01. The van der Waals surface area contributed by atoms with E-state index >= 15 is 0 Å². The van der Waals surface area contributed by atoms with Gasteiger partial charge in [0.25, 0.3) is 0 Å². The number of nitrogens with one attached hydrogen (secondary N) is 1. The van der Waals surface area contributed by atoms with Crippen LogP contribution >= 0.6 is 11.8 Å². The summed E-state index contributed by atoms with van der Waals surface area (Å²) in [4.78, 5) is 12.0. The second kappa shape index (κ2) is 7.39.